The molecular formula is C18H15NOSe. The molecule has 0 spiro atoms. The van der Waals surface area contributed by atoms with Crippen LogP contribution in [0.25, 0.3) is 5.76 Å². The van der Waals surface area contributed by atoms with Crippen LogP contribution in [-0.2, 0) is 4.74 Å². The first-order valence-corrected chi connectivity index (χ1v) is 8.97. The quantitative estimate of drug-likeness (QED) is 0.801. The van der Waals surface area contributed by atoms with Gasteiger partial charge in [0.2, 0.25) is 0 Å². The second-order valence-electron chi connectivity index (χ2n) is 4.85. The first-order valence-electron chi connectivity index (χ1n) is 6.90. The van der Waals surface area contributed by atoms with Gasteiger partial charge in [-0.2, -0.15) is 0 Å². The monoisotopic (exact) mass is 341 g/mol. The van der Waals surface area contributed by atoms with Crippen molar-refractivity contribution in [2.45, 2.75) is 17.8 Å². The molecule has 0 aromatic heterocycles. The van der Waals surface area contributed by atoms with Gasteiger partial charge in [0.05, 0.1) is 0 Å². The zero-order valence-corrected chi connectivity index (χ0v) is 13.2. The number of nitriles is 1. The van der Waals surface area contributed by atoms with E-state index in [2.05, 4.69) is 30.3 Å². The van der Waals surface area contributed by atoms with Crippen LogP contribution in [0, 0.1) is 11.3 Å². The Morgan fingerprint density at radius 1 is 1.05 bits per heavy atom. The van der Waals surface area contributed by atoms with Crippen molar-refractivity contribution >= 4 is 25.2 Å². The van der Waals surface area contributed by atoms with Gasteiger partial charge < -0.3 is 0 Å². The van der Waals surface area contributed by atoms with Crippen molar-refractivity contribution in [3.8, 4) is 6.07 Å². The van der Waals surface area contributed by atoms with Gasteiger partial charge in [-0.05, 0) is 0 Å². The molecule has 0 aliphatic carbocycles. The Bertz CT molecular complexity index is 673. The SMILES string of the molecule is N#CC1=C(c2ccccc2)OC(C[Se]c2ccccc2)C1. The second kappa shape index (κ2) is 6.63. The van der Waals surface area contributed by atoms with Crippen LogP contribution in [0.2, 0.25) is 5.32 Å². The molecule has 1 atom stereocenters. The minimum atomic E-state index is 0.134. The van der Waals surface area contributed by atoms with Crippen molar-refractivity contribution in [3.05, 3.63) is 71.8 Å². The van der Waals surface area contributed by atoms with Crippen molar-refractivity contribution in [2.24, 2.45) is 0 Å². The number of rotatable bonds is 4. The summed E-state index contributed by atoms with van der Waals surface area (Å²) in [6.07, 6.45) is 0.866. The molecule has 1 unspecified atom stereocenters. The average Bonchev–Trinajstić information content (AvgIpc) is 2.98. The number of benzene rings is 2. The third kappa shape index (κ3) is 3.36. The van der Waals surface area contributed by atoms with Crippen molar-refractivity contribution < 1.29 is 4.74 Å². The summed E-state index contributed by atoms with van der Waals surface area (Å²) in [6.45, 7) is 0. The molecule has 2 aromatic rings. The third-order valence-electron chi connectivity index (χ3n) is 3.34. The van der Waals surface area contributed by atoms with E-state index >= 15 is 0 Å². The predicted molar refractivity (Wildman–Crippen MR) is 85.1 cm³/mol. The van der Waals surface area contributed by atoms with Gasteiger partial charge in [0.1, 0.15) is 0 Å². The van der Waals surface area contributed by atoms with E-state index in [1.807, 2.05) is 36.4 Å². The topological polar surface area (TPSA) is 33.0 Å². The Labute approximate surface area is 131 Å². The van der Waals surface area contributed by atoms with Crippen LogP contribution in [-0.4, -0.2) is 21.1 Å². The molecule has 1 heterocycles. The van der Waals surface area contributed by atoms with Crippen LogP contribution in [0.5, 0.6) is 0 Å². The maximum atomic E-state index is 9.32. The van der Waals surface area contributed by atoms with Gasteiger partial charge in [-0.25, -0.2) is 0 Å². The van der Waals surface area contributed by atoms with Crippen LogP contribution < -0.4 is 4.46 Å². The van der Waals surface area contributed by atoms with Crippen LogP contribution in [0.15, 0.2) is 66.2 Å². The number of nitrogens with zero attached hydrogens (tertiary/aromatic N) is 1. The molecule has 0 bridgehead atoms. The summed E-state index contributed by atoms with van der Waals surface area (Å²) >= 11 is 0.388. The Kier molecular flexibility index (Phi) is 4.40. The summed E-state index contributed by atoms with van der Waals surface area (Å²) in [5.74, 6) is 0.770. The molecule has 3 heteroatoms. The van der Waals surface area contributed by atoms with Gasteiger partial charge in [0.15, 0.2) is 0 Å². The molecule has 0 amide bonds. The number of hydrogen-bond donors (Lipinski definition) is 0. The van der Waals surface area contributed by atoms with E-state index in [9.17, 15) is 5.26 Å². The van der Waals surface area contributed by atoms with E-state index in [0.29, 0.717) is 15.0 Å². The van der Waals surface area contributed by atoms with Gasteiger partial charge in [-0.3, -0.25) is 0 Å². The fraction of sp³-hybridized carbons (Fsp3) is 0.167. The van der Waals surface area contributed by atoms with Crippen LogP contribution in [0.1, 0.15) is 12.0 Å². The first kappa shape index (κ1) is 13.9. The molecule has 3 rings (SSSR count). The maximum absolute atomic E-state index is 9.32. The Balaban J connectivity index is 1.67. The fourth-order valence-corrected chi connectivity index (χ4v) is 4.24. The van der Waals surface area contributed by atoms with Gasteiger partial charge in [0.25, 0.3) is 0 Å². The van der Waals surface area contributed by atoms with Crippen molar-refractivity contribution in [2.75, 3.05) is 0 Å². The van der Waals surface area contributed by atoms with E-state index in [-0.39, 0.29) is 6.10 Å². The molecule has 0 saturated heterocycles. The zero-order valence-electron chi connectivity index (χ0n) is 11.5. The molecule has 1 aliphatic rings. The summed E-state index contributed by atoms with van der Waals surface area (Å²) in [5.41, 5.74) is 1.78. The summed E-state index contributed by atoms with van der Waals surface area (Å²) in [7, 11) is 0. The van der Waals surface area contributed by atoms with Crippen LogP contribution >= 0.6 is 0 Å². The second-order valence-corrected chi connectivity index (χ2v) is 7.15. The van der Waals surface area contributed by atoms with Crippen LogP contribution in [0.3, 0.4) is 0 Å². The van der Waals surface area contributed by atoms with E-state index < -0.39 is 0 Å². The molecule has 2 nitrogen and oxygen atoms in total. The van der Waals surface area contributed by atoms with E-state index in [1.54, 1.807) is 0 Å². The first-order chi connectivity index (χ1) is 10.4. The molecule has 104 valence electrons. The van der Waals surface area contributed by atoms with E-state index in [0.717, 1.165) is 28.6 Å². The summed E-state index contributed by atoms with van der Waals surface area (Å²) in [5, 5.41) is 10.3. The van der Waals surface area contributed by atoms with Crippen molar-refractivity contribution in [3.63, 3.8) is 0 Å². The van der Waals surface area contributed by atoms with Crippen molar-refractivity contribution in [1.29, 1.82) is 5.26 Å². The summed E-state index contributed by atoms with van der Waals surface area (Å²) in [4.78, 5) is 0. The Hall–Kier alpha value is -2.01. The molecule has 0 N–H and O–H groups in total. The van der Waals surface area contributed by atoms with Gasteiger partial charge >= 0.3 is 131 Å². The van der Waals surface area contributed by atoms with Gasteiger partial charge in [0, 0.05) is 0 Å². The molecule has 1 aliphatic heterocycles. The summed E-state index contributed by atoms with van der Waals surface area (Å²) < 4.78 is 7.42. The fourth-order valence-electron chi connectivity index (χ4n) is 2.33. The zero-order chi connectivity index (χ0) is 14.5. The van der Waals surface area contributed by atoms with Gasteiger partial charge in [-0.15, -0.1) is 0 Å². The normalized spacial score (nSPS) is 17.4. The molecule has 0 fully saturated rings. The predicted octanol–water partition coefficient (Wildman–Crippen LogP) is 3.16. The van der Waals surface area contributed by atoms with E-state index in [1.165, 1.54) is 4.46 Å². The van der Waals surface area contributed by atoms with Gasteiger partial charge in [-0.1, -0.05) is 0 Å². The van der Waals surface area contributed by atoms with Crippen LogP contribution in [0.4, 0.5) is 0 Å². The molecule has 2 aromatic carbocycles. The average molecular weight is 340 g/mol. The Morgan fingerprint density at radius 2 is 1.71 bits per heavy atom. The van der Waals surface area contributed by atoms with E-state index in [4.69, 9.17) is 4.74 Å². The number of ether oxygens (including phenoxy) is 1. The molecule has 0 saturated carbocycles. The number of hydrogen-bond acceptors (Lipinski definition) is 2. The molecular weight excluding hydrogens is 325 g/mol. The summed E-state index contributed by atoms with van der Waals surface area (Å²) in [6, 6.07) is 22.7. The Morgan fingerprint density at radius 3 is 2.38 bits per heavy atom. The standard InChI is InChI=1S/C18H15NOSe/c19-12-15-11-16(13-21-17-9-5-2-6-10-17)20-18(15)14-7-3-1-4-8-14/h1-10,16H,11,13H2. The molecule has 0 radical (unpaired) electrons. The third-order valence-corrected chi connectivity index (χ3v) is 5.74. The van der Waals surface area contributed by atoms with Crippen molar-refractivity contribution in [1.82, 2.24) is 0 Å². The minimum absolute atomic E-state index is 0.134. The molecule has 21 heavy (non-hydrogen) atoms.